The molecule has 1 atom stereocenters. The first-order valence-electron chi connectivity index (χ1n) is 7.73. The highest BCUT2D eigenvalue weighted by Gasteiger charge is 2.24. The van der Waals surface area contributed by atoms with Crippen molar-refractivity contribution in [3.8, 4) is 0 Å². The van der Waals surface area contributed by atoms with Crippen LogP contribution in [0.5, 0.6) is 0 Å². The molecule has 1 saturated heterocycles. The minimum absolute atomic E-state index is 0.143. The van der Waals surface area contributed by atoms with Crippen molar-refractivity contribution in [2.24, 2.45) is 5.92 Å². The van der Waals surface area contributed by atoms with Crippen LogP contribution in [-0.2, 0) is 0 Å². The molecule has 110 valence electrons. The number of hydrogen-bond donors (Lipinski definition) is 1. The molecule has 4 heteroatoms. The fourth-order valence-electron chi connectivity index (χ4n) is 2.73. The zero-order chi connectivity index (χ0) is 14.4. The molecular weight excluding hydrogens is 250 g/mol. The third-order valence-electron chi connectivity index (χ3n) is 4.00. The minimum atomic E-state index is 0.143. The van der Waals surface area contributed by atoms with Crippen molar-refractivity contribution in [2.45, 2.75) is 39.5 Å². The average Bonchev–Trinajstić information content (AvgIpc) is 2.52. The lowest BCUT2D eigenvalue weighted by molar-refractivity contribution is 0.0672. The fraction of sp³-hybridized carbons (Fsp3) is 0.625. The van der Waals surface area contributed by atoms with E-state index in [1.165, 1.54) is 6.42 Å². The summed E-state index contributed by atoms with van der Waals surface area (Å²) in [5.74, 6) is 0.797. The van der Waals surface area contributed by atoms with Gasteiger partial charge in [0.05, 0.1) is 17.4 Å². The standard InChI is InChI=1S/C16H25N3O/c1-3-8-18-15-11-17-9-7-14(15)16(20)19-10-5-6-13(4-2)12-19/h7,9,11,13,18H,3-6,8,10,12H2,1-2H3. The van der Waals surface area contributed by atoms with Crippen LogP contribution in [0.4, 0.5) is 5.69 Å². The van der Waals surface area contributed by atoms with Crippen molar-refractivity contribution < 1.29 is 4.79 Å². The second-order valence-electron chi connectivity index (χ2n) is 5.52. The number of piperidine rings is 1. The molecule has 0 bridgehead atoms. The molecule has 20 heavy (non-hydrogen) atoms. The van der Waals surface area contributed by atoms with E-state index in [0.717, 1.165) is 50.1 Å². The Labute approximate surface area is 121 Å². The maximum absolute atomic E-state index is 12.7. The second kappa shape index (κ2) is 7.27. The number of carbonyl (C=O) groups excluding carboxylic acids is 1. The number of pyridine rings is 1. The Morgan fingerprint density at radius 1 is 1.50 bits per heavy atom. The van der Waals surface area contributed by atoms with E-state index < -0.39 is 0 Å². The molecule has 1 N–H and O–H groups in total. The average molecular weight is 275 g/mol. The van der Waals surface area contributed by atoms with Crippen LogP contribution in [0.3, 0.4) is 0 Å². The van der Waals surface area contributed by atoms with Gasteiger partial charge in [-0.05, 0) is 31.2 Å². The van der Waals surface area contributed by atoms with E-state index in [9.17, 15) is 4.79 Å². The van der Waals surface area contributed by atoms with Crippen molar-refractivity contribution in [2.75, 3.05) is 25.0 Å². The van der Waals surface area contributed by atoms with E-state index in [1.54, 1.807) is 12.4 Å². The molecule has 0 radical (unpaired) electrons. The van der Waals surface area contributed by atoms with Crippen LogP contribution in [0, 0.1) is 5.92 Å². The molecule has 1 aliphatic heterocycles. The molecule has 0 spiro atoms. The molecular formula is C16H25N3O. The summed E-state index contributed by atoms with van der Waals surface area (Å²) in [6, 6.07) is 1.83. The summed E-state index contributed by atoms with van der Waals surface area (Å²) in [5.41, 5.74) is 1.61. The van der Waals surface area contributed by atoms with Crippen LogP contribution in [0.2, 0.25) is 0 Å². The molecule has 1 aromatic heterocycles. The Morgan fingerprint density at radius 3 is 3.10 bits per heavy atom. The van der Waals surface area contributed by atoms with E-state index in [4.69, 9.17) is 0 Å². The first-order chi connectivity index (χ1) is 9.76. The fourth-order valence-corrected chi connectivity index (χ4v) is 2.73. The molecule has 0 aromatic carbocycles. The first-order valence-corrected chi connectivity index (χ1v) is 7.73. The number of amides is 1. The van der Waals surface area contributed by atoms with Crippen molar-refractivity contribution >= 4 is 11.6 Å². The van der Waals surface area contributed by atoms with Gasteiger partial charge in [0, 0.05) is 25.8 Å². The van der Waals surface area contributed by atoms with Crippen LogP contribution in [0.1, 0.15) is 49.9 Å². The number of rotatable bonds is 5. The predicted molar refractivity (Wildman–Crippen MR) is 81.9 cm³/mol. The monoisotopic (exact) mass is 275 g/mol. The number of likely N-dealkylation sites (tertiary alicyclic amines) is 1. The Kier molecular flexibility index (Phi) is 5.39. The van der Waals surface area contributed by atoms with E-state index in [2.05, 4.69) is 24.1 Å². The Balaban J connectivity index is 2.11. The largest absolute Gasteiger partial charge is 0.383 e. The zero-order valence-corrected chi connectivity index (χ0v) is 12.6. The molecule has 2 heterocycles. The van der Waals surface area contributed by atoms with E-state index >= 15 is 0 Å². The number of nitrogens with zero attached hydrogens (tertiary/aromatic N) is 2. The summed E-state index contributed by atoms with van der Waals surface area (Å²) in [6.45, 7) is 6.96. The first kappa shape index (κ1) is 14.8. The van der Waals surface area contributed by atoms with Gasteiger partial charge in [0.1, 0.15) is 0 Å². The highest BCUT2D eigenvalue weighted by atomic mass is 16.2. The van der Waals surface area contributed by atoms with Crippen molar-refractivity contribution in [3.63, 3.8) is 0 Å². The van der Waals surface area contributed by atoms with Gasteiger partial charge in [0.2, 0.25) is 0 Å². The molecule has 1 fully saturated rings. The highest BCUT2D eigenvalue weighted by Crippen LogP contribution is 2.23. The maximum Gasteiger partial charge on any atom is 0.256 e. The summed E-state index contributed by atoms with van der Waals surface area (Å²) in [4.78, 5) is 18.8. The van der Waals surface area contributed by atoms with Crippen LogP contribution in [0.15, 0.2) is 18.5 Å². The van der Waals surface area contributed by atoms with Crippen molar-refractivity contribution in [3.05, 3.63) is 24.0 Å². The SMILES string of the molecule is CCCNc1cnccc1C(=O)N1CCCC(CC)C1. The van der Waals surface area contributed by atoms with Gasteiger partial charge in [-0.15, -0.1) is 0 Å². The summed E-state index contributed by atoms with van der Waals surface area (Å²) in [7, 11) is 0. The Morgan fingerprint density at radius 2 is 2.35 bits per heavy atom. The molecule has 1 aromatic rings. The topological polar surface area (TPSA) is 45.2 Å². The summed E-state index contributed by atoms with van der Waals surface area (Å²) in [6.07, 6.45) is 8.01. The van der Waals surface area contributed by atoms with Crippen LogP contribution in [-0.4, -0.2) is 35.4 Å². The Bertz CT molecular complexity index is 447. The lowest BCUT2D eigenvalue weighted by Gasteiger charge is -2.32. The molecule has 0 aliphatic carbocycles. The van der Waals surface area contributed by atoms with Crippen molar-refractivity contribution in [1.29, 1.82) is 0 Å². The third-order valence-corrected chi connectivity index (χ3v) is 4.00. The summed E-state index contributed by atoms with van der Waals surface area (Å²) in [5, 5.41) is 3.30. The lowest BCUT2D eigenvalue weighted by Crippen LogP contribution is -2.40. The highest BCUT2D eigenvalue weighted by molar-refractivity contribution is 5.99. The van der Waals surface area contributed by atoms with E-state index in [0.29, 0.717) is 5.92 Å². The smallest absolute Gasteiger partial charge is 0.256 e. The molecule has 0 saturated carbocycles. The second-order valence-corrected chi connectivity index (χ2v) is 5.52. The quantitative estimate of drug-likeness (QED) is 0.897. The van der Waals surface area contributed by atoms with Gasteiger partial charge in [-0.25, -0.2) is 0 Å². The van der Waals surface area contributed by atoms with Crippen molar-refractivity contribution in [1.82, 2.24) is 9.88 Å². The zero-order valence-electron chi connectivity index (χ0n) is 12.6. The van der Waals surface area contributed by atoms with Gasteiger partial charge in [0.15, 0.2) is 0 Å². The van der Waals surface area contributed by atoms with Gasteiger partial charge in [-0.2, -0.15) is 0 Å². The number of aromatic nitrogens is 1. The normalized spacial score (nSPS) is 18.9. The number of anilines is 1. The van der Waals surface area contributed by atoms with Gasteiger partial charge in [-0.1, -0.05) is 20.3 Å². The maximum atomic E-state index is 12.7. The number of carbonyl (C=O) groups is 1. The molecule has 1 aliphatic rings. The molecule has 1 unspecified atom stereocenters. The third kappa shape index (κ3) is 3.50. The van der Waals surface area contributed by atoms with Crippen LogP contribution >= 0.6 is 0 Å². The van der Waals surface area contributed by atoms with Crippen LogP contribution < -0.4 is 5.32 Å². The molecule has 2 rings (SSSR count). The van der Waals surface area contributed by atoms with Gasteiger partial charge < -0.3 is 10.2 Å². The van der Waals surface area contributed by atoms with E-state index in [1.807, 2.05) is 11.0 Å². The van der Waals surface area contributed by atoms with Crippen LogP contribution in [0.25, 0.3) is 0 Å². The summed E-state index contributed by atoms with van der Waals surface area (Å²) >= 11 is 0. The van der Waals surface area contributed by atoms with Gasteiger partial charge >= 0.3 is 0 Å². The van der Waals surface area contributed by atoms with Gasteiger partial charge in [-0.3, -0.25) is 9.78 Å². The summed E-state index contributed by atoms with van der Waals surface area (Å²) < 4.78 is 0. The molecule has 4 nitrogen and oxygen atoms in total. The number of hydrogen-bond acceptors (Lipinski definition) is 3. The van der Waals surface area contributed by atoms with E-state index in [-0.39, 0.29) is 5.91 Å². The minimum Gasteiger partial charge on any atom is -0.383 e. The van der Waals surface area contributed by atoms with Gasteiger partial charge in [0.25, 0.3) is 5.91 Å². The number of nitrogens with one attached hydrogen (secondary N) is 1. The molecule has 1 amide bonds. The lowest BCUT2D eigenvalue weighted by atomic mass is 9.95. The Hall–Kier alpha value is -1.58. The predicted octanol–water partition coefficient (Wildman–Crippen LogP) is 3.17.